The summed E-state index contributed by atoms with van der Waals surface area (Å²) in [4.78, 5) is 2.64. The molecular formula is C13H26N2. The highest BCUT2D eigenvalue weighted by atomic mass is 15.2. The van der Waals surface area contributed by atoms with E-state index in [-0.39, 0.29) is 0 Å². The summed E-state index contributed by atoms with van der Waals surface area (Å²) in [5.41, 5.74) is 0.757. The smallest absolute Gasteiger partial charge is 0.00385 e. The number of hydrogen-bond acceptors (Lipinski definition) is 2. The molecule has 1 aliphatic heterocycles. The summed E-state index contributed by atoms with van der Waals surface area (Å²) in [6.45, 7) is 8.55. The monoisotopic (exact) mass is 210 g/mol. The van der Waals surface area contributed by atoms with E-state index in [9.17, 15) is 0 Å². The summed E-state index contributed by atoms with van der Waals surface area (Å²) in [6.07, 6.45) is 5.87. The second-order valence-corrected chi connectivity index (χ2v) is 5.96. The van der Waals surface area contributed by atoms with Gasteiger partial charge in [0.1, 0.15) is 0 Å². The molecule has 15 heavy (non-hydrogen) atoms. The van der Waals surface area contributed by atoms with Crippen LogP contribution in [0.4, 0.5) is 0 Å². The molecule has 2 fully saturated rings. The molecular weight excluding hydrogens is 184 g/mol. The van der Waals surface area contributed by atoms with Crippen LogP contribution in [-0.2, 0) is 0 Å². The summed E-state index contributed by atoms with van der Waals surface area (Å²) in [5.74, 6) is 0.973. The lowest BCUT2D eigenvalue weighted by Crippen LogP contribution is -2.50. The molecule has 0 aromatic carbocycles. The van der Waals surface area contributed by atoms with Gasteiger partial charge in [0.2, 0.25) is 0 Å². The molecule has 88 valence electrons. The first kappa shape index (κ1) is 11.4. The number of nitrogens with one attached hydrogen (secondary N) is 1. The Balaban J connectivity index is 1.75. The normalized spacial score (nSPS) is 27.2. The highest BCUT2D eigenvalue weighted by molar-refractivity contribution is 4.97. The molecule has 0 radical (unpaired) electrons. The van der Waals surface area contributed by atoms with E-state index in [1.54, 1.807) is 0 Å². The van der Waals surface area contributed by atoms with Gasteiger partial charge in [0.05, 0.1) is 0 Å². The molecule has 0 unspecified atom stereocenters. The van der Waals surface area contributed by atoms with Crippen LogP contribution in [0.15, 0.2) is 0 Å². The average Bonchev–Trinajstić information content (AvgIpc) is 2.16. The third-order valence-electron chi connectivity index (χ3n) is 4.53. The largest absolute Gasteiger partial charge is 0.319 e. The van der Waals surface area contributed by atoms with Crippen molar-refractivity contribution in [1.29, 1.82) is 0 Å². The lowest BCUT2D eigenvalue weighted by Gasteiger charge is -2.53. The molecule has 0 amide bonds. The van der Waals surface area contributed by atoms with Crippen molar-refractivity contribution in [2.45, 2.75) is 45.6 Å². The molecule has 0 atom stereocenters. The van der Waals surface area contributed by atoms with Gasteiger partial charge in [-0.2, -0.15) is 0 Å². The van der Waals surface area contributed by atoms with E-state index >= 15 is 0 Å². The van der Waals surface area contributed by atoms with Gasteiger partial charge in [-0.25, -0.2) is 0 Å². The van der Waals surface area contributed by atoms with Gasteiger partial charge >= 0.3 is 0 Å². The van der Waals surface area contributed by atoms with Crippen molar-refractivity contribution in [2.24, 2.45) is 11.3 Å². The van der Waals surface area contributed by atoms with Gasteiger partial charge in [-0.3, -0.25) is 0 Å². The standard InChI is InChI=1S/C13H26N2/c1-11(2)15-6-4-13(5-7-15)8-12(9-13)10-14-3/h11-12,14H,4-10H2,1-3H3. The van der Waals surface area contributed by atoms with Gasteiger partial charge in [0.25, 0.3) is 0 Å². The first-order valence-corrected chi connectivity index (χ1v) is 6.54. The molecule has 0 bridgehead atoms. The Labute approximate surface area is 94.4 Å². The van der Waals surface area contributed by atoms with Crippen molar-refractivity contribution in [3.8, 4) is 0 Å². The summed E-state index contributed by atoms with van der Waals surface area (Å²) < 4.78 is 0. The van der Waals surface area contributed by atoms with E-state index in [1.807, 2.05) is 0 Å². The molecule has 1 spiro atoms. The maximum Gasteiger partial charge on any atom is 0.00385 e. The highest BCUT2D eigenvalue weighted by Crippen LogP contribution is 2.52. The first-order valence-electron chi connectivity index (χ1n) is 6.54. The van der Waals surface area contributed by atoms with E-state index < -0.39 is 0 Å². The Morgan fingerprint density at radius 2 is 1.87 bits per heavy atom. The Morgan fingerprint density at radius 3 is 2.33 bits per heavy atom. The summed E-state index contributed by atoms with van der Waals surface area (Å²) >= 11 is 0. The molecule has 1 N–H and O–H groups in total. The van der Waals surface area contributed by atoms with Crippen LogP contribution in [0, 0.1) is 11.3 Å². The summed E-state index contributed by atoms with van der Waals surface area (Å²) in [7, 11) is 2.08. The number of hydrogen-bond donors (Lipinski definition) is 1. The van der Waals surface area contributed by atoms with Crippen LogP contribution in [0.2, 0.25) is 0 Å². The van der Waals surface area contributed by atoms with E-state index in [4.69, 9.17) is 0 Å². The number of piperidine rings is 1. The van der Waals surface area contributed by atoms with Gasteiger partial charge in [-0.05, 0) is 77.5 Å². The fourth-order valence-corrected chi connectivity index (χ4v) is 3.52. The molecule has 1 saturated carbocycles. The zero-order chi connectivity index (χ0) is 10.9. The Hall–Kier alpha value is -0.0800. The molecule has 1 aliphatic carbocycles. The minimum Gasteiger partial charge on any atom is -0.319 e. The van der Waals surface area contributed by atoms with Crippen LogP contribution >= 0.6 is 0 Å². The molecule has 2 rings (SSSR count). The van der Waals surface area contributed by atoms with Crippen molar-refractivity contribution in [3.63, 3.8) is 0 Å². The third-order valence-corrected chi connectivity index (χ3v) is 4.53. The molecule has 1 heterocycles. The maximum atomic E-state index is 3.31. The summed E-state index contributed by atoms with van der Waals surface area (Å²) in [5, 5.41) is 3.31. The predicted molar refractivity (Wildman–Crippen MR) is 65.0 cm³/mol. The fourth-order valence-electron chi connectivity index (χ4n) is 3.52. The molecule has 0 aromatic heterocycles. The van der Waals surface area contributed by atoms with Crippen molar-refractivity contribution in [2.75, 3.05) is 26.7 Å². The van der Waals surface area contributed by atoms with Crippen LogP contribution in [-0.4, -0.2) is 37.6 Å². The van der Waals surface area contributed by atoms with E-state index in [0.29, 0.717) is 0 Å². The SMILES string of the molecule is CNCC1CC2(CCN(C(C)C)CC2)C1. The highest BCUT2D eigenvalue weighted by Gasteiger charge is 2.45. The molecule has 2 heteroatoms. The molecule has 0 aromatic rings. The second-order valence-electron chi connectivity index (χ2n) is 5.96. The van der Waals surface area contributed by atoms with E-state index in [0.717, 1.165) is 17.4 Å². The Bertz CT molecular complexity index is 197. The topological polar surface area (TPSA) is 15.3 Å². The van der Waals surface area contributed by atoms with Gasteiger partial charge in [-0.1, -0.05) is 0 Å². The summed E-state index contributed by atoms with van der Waals surface area (Å²) in [6, 6.07) is 0.746. The van der Waals surface area contributed by atoms with Crippen molar-refractivity contribution in [1.82, 2.24) is 10.2 Å². The van der Waals surface area contributed by atoms with Crippen LogP contribution in [0.25, 0.3) is 0 Å². The molecule has 2 nitrogen and oxygen atoms in total. The van der Waals surface area contributed by atoms with Gasteiger partial charge in [-0.15, -0.1) is 0 Å². The predicted octanol–water partition coefficient (Wildman–Crippen LogP) is 2.11. The number of nitrogens with zero attached hydrogens (tertiary/aromatic N) is 1. The van der Waals surface area contributed by atoms with Crippen LogP contribution < -0.4 is 5.32 Å². The van der Waals surface area contributed by atoms with Gasteiger partial charge in [0.15, 0.2) is 0 Å². The van der Waals surface area contributed by atoms with Crippen molar-refractivity contribution >= 4 is 0 Å². The maximum absolute atomic E-state index is 3.31. The van der Waals surface area contributed by atoms with Crippen LogP contribution in [0.3, 0.4) is 0 Å². The zero-order valence-electron chi connectivity index (χ0n) is 10.6. The quantitative estimate of drug-likeness (QED) is 0.767. The van der Waals surface area contributed by atoms with E-state index in [2.05, 4.69) is 31.1 Å². The minimum absolute atomic E-state index is 0.746. The van der Waals surface area contributed by atoms with Crippen molar-refractivity contribution in [3.05, 3.63) is 0 Å². The first-order chi connectivity index (χ1) is 7.15. The molecule has 2 aliphatic rings. The fraction of sp³-hybridized carbons (Fsp3) is 1.00. The zero-order valence-corrected chi connectivity index (χ0v) is 10.6. The van der Waals surface area contributed by atoms with Gasteiger partial charge in [0, 0.05) is 6.04 Å². The van der Waals surface area contributed by atoms with Crippen LogP contribution in [0.1, 0.15) is 39.5 Å². The average molecular weight is 210 g/mol. The van der Waals surface area contributed by atoms with Gasteiger partial charge < -0.3 is 10.2 Å². The third kappa shape index (κ3) is 2.36. The Kier molecular flexibility index (Phi) is 3.36. The van der Waals surface area contributed by atoms with Crippen LogP contribution in [0.5, 0.6) is 0 Å². The minimum atomic E-state index is 0.746. The lowest BCUT2D eigenvalue weighted by molar-refractivity contribution is -0.0191. The Morgan fingerprint density at radius 1 is 1.27 bits per heavy atom. The van der Waals surface area contributed by atoms with Crippen molar-refractivity contribution < 1.29 is 0 Å². The van der Waals surface area contributed by atoms with E-state index in [1.165, 1.54) is 45.3 Å². The number of likely N-dealkylation sites (tertiary alicyclic amines) is 1. The molecule has 1 saturated heterocycles. The number of rotatable bonds is 3. The lowest BCUT2D eigenvalue weighted by atomic mass is 9.57. The second kappa shape index (κ2) is 4.42.